The molecular weight excluding hydrogens is 174 g/mol. The van der Waals surface area contributed by atoms with Crippen molar-refractivity contribution in [2.24, 2.45) is 0 Å². The lowest BCUT2D eigenvalue weighted by Crippen LogP contribution is -2.10. The summed E-state index contributed by atoms with van der Waals surface area (Å²) in [6, 6.07) is 4.27. The van der Waals surface area contributed by atoms with Crippen molar-refractivity contribution >= 4 is 0 Å². The highest BCUT2D eigenvalue weighted by molar-refractivity contribution is 5.12. The minimum atomic E-state index is -0.106. The van der Waals surface area contributed by atoms with Crippen LogP contribution in [0.5, 0.6) is 0 Å². The summed E-state index contributed by atoms with van der Waals surface area (Å²) < 4.78 is 1.87. The van der Waals surface area contributed by atoms with Crippen LogP contribution in [0.3, 0.4) is 0 Å². The summed E-state index contributed by atoms with van der Waals surface area (Å²) in [5, 5.41) is 13.4. The molecule has 1 atom stereocenters. The second-order valence-corrected chi connectivity index (χ2v) is 3.33. The fourth-order valence-corrected chi connectivity index (χ4v) is 1.52. The molecule has 3 nitrogen and oxygen atoms in total. The molecule has 1 rings (SSSR count). The van der Waals surface area contributed by atoms with Crippen LogP contribution in [0.4, 0.5) is 0 Å². The van der Waals surface area contributed by atoms with Crippen molar-refractivity contribution < 1.29 is 0 Å². The van der Waals surface area contributed by atoms with E-state index < -0.39 is 0 Å². The molecule has 0 aliphatic carbocycles. The number of aryl methyl sites for hydroxylation is 2. The van der Waals surface area contributed by atoms with Gasteiger partial charge in [-0.15, -0.1) is 0 Å². The zero-order valence-electron chi connectivity index (χ0n) is 9.12. The van der Waals surface area contributed by atoms with E-state index in [1.54, 1.807) is 0 Å². The summed E-state index contributed by atoms with van der Waals surface area (Å²) in [6.45, 7) is 6.19. The third-order valence-electron chi connectivity index (χ3n) is 2.42. The molecule has 0 spiro atoms. The largest absolute Gasteiger partial charge is 0.252 e. The number of hydrogen-bond donors (Lipinski definition) is 0. The number of hydrogen-bond acceptors (Lipinski definition) is 2. The molecule has 1 unspecified atom stereocenters. The molecule has 0 aromatic carbocycles. The number of aromatic nitrogens is 2. The standard InChI is InChI=1S/C11H17N3/c1-4-9-7-10(5-2)14(13-9)11(6-3)8-12/h7,11H,4-6H2,1-3H3. The Labute approximate surface area is 85.4 Å². The maximum absolute atomic E-state index is 8.97. The van der Waals surface area contributed by atoms with Crippen molar-refractivity contribution in [3.8, 4) is 6.07 Å². The Hall–Kier alpha value is -1.30. The molecule has 0 aliphatic heterocycles. The average Bonchev–Trinajstić information content (AvgIpc) is 2.63. The van der Waals surface area contributed by atoms with E-state index in [-0.39, 0.29) is 6.04 Å². The molecule has 76 valence electrons. The van der Waals surface area contributed by atoms with Gasteiger partial charge in [0, 0.05) is 5.69 Å². The van der Waals surface area contributed by atoms with Crippen LogP contribution < -0.4 is 0 Å². The van der Waals surface area contributed by atoms with Crippen LogP contribution in [0.1, 0.15) is 44.6 Å². The van der Waals surface area contributed by atoms with Gasteiger partial charge in [0.25, 0.3) is 0 Å². The Kier molecular flexibility index (Phi) is 3.70. The first-order valence-electron chi connectivity index (χ1n) is 5.23. The van der Waals surface area contributed by atoms with E-state index in [9.17, 15) is 0 Å². The first-order valence-corrected chi connectivity index (χ1v) is 5.23. The van der Waals surface area contributed by atoms with Gasteiger partial charge in [-0.3, -0.25) is 4.68 Å². The molecule has 0 saturated heterocycles. The Bertz CT molecular complexity index is 333. The Morgan fingerprint density at radius 2 is 2.14 bits per heavy atom. The predicted molar refractivity (Wildman–Crippen MR) is 55.9 cm³/mol. The van der Waals surface area contributed by atoms with E-state index in [2.05, 4.69) is 31.1 Å². The minimum Gasteiger partial charge on any atom is -0.252 e. The van der Waals surface area contributed by atoms with Gasteiger partial charge in [-0.25, -0.2) is 0 Å². The number of nitriles is 1. The molecule has 0 N–H and O–H groups in total. The summed E-state index contributed by atoms with van der Waals surface area (Å²) in [6.07, 6.45) is 2.68. The normalized spacial score (nSPS) is 12.4. The third-order valence-corrected chi connectivity index (χ3v) is 2.42. The maximum Gasteiger partial charge on any atom is 0.138 e. The first-order chi connectivity index (χ1) is 6.76. The van der Waals surface area contributed by atoms with Gasteiger partial charge in [0.1, 0.15) is 6.04 Å². The Morgan fingerprint density at radius 3 is 2.57 bits per heavy atom. The maximum atomic E-state index is 8.97. The molecule has 0 amide bonds. The molecule has 0 aliphatic rings. The average molecular weight is 191 g/mol. The van der Waals surface area contributed by atoms with Gasteiger partial charge >= 0.3 is 0 Å². The van der Waals surface area contributed by atoms with E-state index in [1.165, 1.54) is 0 Å². The second-order valence-electron chi connectivity index (χ2n) is 3.33. The van der Waals surface area contributed by atoms with Crippen molar-refractivity contribution in [2.75, 3.05) is 0 Å². The zero-order valence-corrected chi connectivity index (χ0v) is 9.12. The smallest absolute Gasteiger partial charge is 0.138 e. The molecule has 0 fully saturated rings. The van der Waals surface area contributed by atoms with Crippen molar-refractivity contribution in [3.05, 3.63) is 17.5 Å². The third kappa shape index (κ3) is 1.95. The molecule has 1 aromatic rings. The fourth-order valence-electron chi connectivity index (χ4n) is 1.52. The van der Waals surface area contributed by atoms with E-state index in [0.29, 0.717) is 0 Å². The van der Waals surface area contributed by atoms with Gasteiger partial charge < -0.3 is 0 Å². The highest BCUT2D eigenvalue weighted by Gasteiger charge is 2.13. The Morgan fingerprint density at radius 1 is 1.43 bits per heavy atom. The summed E-state index contributed by atoms with van der Waals surface area (Å²) in [5.41, 5.74) is 2.24. The van der Waals surface area contributed by atoms with Crippen LogP contribution in [-0.4, -0.2) is 9.78 Å². The quantitative estimate of drug-likeness (QED) is 0.733. The zero-order chi connectivity index (χ0) is 10.6. The second kappa shape index (κ2) is 4.80. The van der Waals surface area contributed by atoms with Crippen molar-refractivity contribution in [1.29, 1.82) is 5.26 Å². The lowest BCUT2D eigenvalue weighted by molar-refractivity contribution is 0.510. The van der Waals surface area contributed by atoms with Crippen LogP contribution >= 0.6 is 0 Å². The van der Waals surface area contributed by atoms with E-state index in [0.717, 1.165) is 30.7 Å². The molecule has 0 saturated carbocycles. The van der Waals surface area contributed by atoms with E-state index >= 15 is 0 Å². The summed E-state index contributed by atoms with van der Waals surface area (Å²) >= 11 is 0. The molecule has 0 bridgehead atoms. The van der Waals surface area contributed by atoms with Crippen molar-refractivity contribution in [2.45, 2.75) is 46.1 Å². The van der Waals surface area contributed by atoms with Gasteiger partial charge in [-0.1, -0.05) is 20.8 Å². The fraction of sp³-hybridized carbons (Fsp3) is 0.636. The van der Waals surface area contributed by atoms with Crippen LogP contribution in [0.2, 0.25) is 0 Å². The molecule has 1 heterocycles. The highest BCUT2D eigenvalue weighted by Crippen LogP contribution is 2.15. The van der Waals surface area contributed by atoms with Gasteiger partial charge in [0.05, 0.1) is 11.8 Å². The lowest BCUT2D eigenvalue weighted by atomic mass is 10.2. The van der Waals surface area contributed by atoms with E-state index in [4.69, 9.17) is 5.26 Å². The van der Waals surface area contributed by atoms with Crippen LogP contribution in [0.15, 0.2) is 6.07 Å². The highest BCUT2D eigenvalue weighted by atomic mass is 15.3. The molecule has 14 heavy (non-hydrogen) atoms. The van der Waals surface area contributed by atoms with Crippen LogP contribution in [-0.2, 0) is 12.8 Å². The lowest BCUT2D eigenvalue weighted by Gasteiger charge is -2.09. The predicted octanol–water partition coefficient (Wildman–Crippen LogP) is 2.48. The number of nitrogens with zero attached hydrogens (tertiary/aromatic N) is 3. The van der Waals surface area contributed by atoms with Crippen molar-refractivity contribution in [3.63, 3.8) is 0 Å². The molecule has 0 radical (unpaired) electrons. The SMILES string of the molecule is CCc1cc(CC)n(C(C#N)CC)n1. The molecule has 1 aromatic heterocycles. The van der Waals surface area contributed by atoms with Gasteiger partial charge in [0.15, 0.2) is 0 Å². The Balaban J connectivity index is 3.05. The monoisotopic (exact) mass is 191 g/mol. The van der Waals surface area contributed by atoms with Crippen LogP contribution in [0, 0.1) is 11.3 Å². The van der Waals surface area contributed by atoms with Gasteiger partial charge in [-0.05, 0) is 25.3 Å². The topological polar surface area (TPSA) is 41.6 Å². The minimum absolute atomic E-state index is 0.106. The van der Waals surface area contributed by atoms with E-state index in [1.807, 2.05) is 11.6 Å². The number of rotatable bonds is 4. The molecular formula is C11H17N3. The van der Waals surface area contributed by atoms with Gasteiger partial charge in [-0.2, -0.15) is 10.4 Å². The van der Waals surface area contributed by atoms with Crippen molar-refractivity contribution in [1.82, 2.24) is 9.78 Å². The summed E-state index contributed by atoms with van der Waals surface area (Å²) in [4.78, 5) is 0. The summed E-state index contributed by atoms with van der Waals surface area (Å²) in [7, 11) is 0. The summed E-state index contributed by atoms with van der Waals surface area (Å²) in [5.74, 6) is 0. The first kappa shape index (κ1) is 10.8. The van der Waals surface area contributed by atoms with Crippen LogP contribution in [0.25, 0.3) is 0 Å². The molecule has 3 heteroatoms. The van der Waals surface area contributed by atoms with Gasteiger partial charge in [0.2, 0.25) is 0 Å².